The van der Waals surface area contributed by atoms with Crippen molar-refractivity contribution in [3.8, 4) is 5.88 Å². The molecule has 0 aliphatic heterocycles. The van der Waals surface area contributed by atoms with Gasteiger partial charge in [0.2, 0.25) is 11.8 Å². The Labute approximate surface area is 89.5 Å². The normalized spacial score (nSPS) is 26.3. The van der Waals surface area contributed by atoms with Crippen molar-refractivity contribution in [2.45, 2.75) is 38.7 Å². The third-order valence-corrected chi connectivity index (χ3v) is 2.94. The molecule has 1 aliphatic rings. The van der Waals surface area contributed by atoms with E-state index >= 15 is 0 Å². The van der Waals surface area contributed by atoms with Crippen molar-refractivity contribution < 1.29 is 9.13 Å². The zero-order chi connectivity index (χ0) is 10.7. The smallest absolute Gasteiger partial charge is 0.216 e. The highest BCUT2D eigenvalue weighted by molar-refractivity contribution is 5.10. The molecule has 1 aromatic heterocycles. The maximum Gasteiger partial charge on any atom is 0.216 e. The van der Waals surface area contributed by atoms with Crippen LogP contribution in [-0.2, 0) is 0 Å². The fourth-order valence-corrected chi connectivity index (χ4v) is 1.97. The lowest BCUT2D eigenvalue weighted by Gasteiger charge is -2.26. The summed E-state index contributed by atoms with van der Waals surface area (Å²) in [7, 11) is 0. The maximum absolute atomic E-state index is 12.8. The minimum atomic E-state index is -0.475. The van der Waals surface area contributed by atoms with Crippen molar-refractivity contribution in [1.82, 2.24) is 4.98 Å². The molecule has 0 unspecified atom stereocenters. The molecule has 0 atom stereocenters. The highest BCUT2D eigenvalue weighted by atomic mass is 19.1. The van der Waals surface area contributed by atoms with Gasteiger partial charge in [0.15, 0.2) is 0 Å². The fourth-order valence-electron chi connectivity index (χ4n) is 1.97. The number of pyridine rings is 1. The Balaban J connectivity index is 1.92. The Morgan fingerprint density at radius 2 is 2.00 bits per heavy atom. The third kappa shape index (κ3) is 2.91. The predicted molar refractivity (Wildman–Crippen MR) is 56.2 cm³/mol. The Morgan fingerprint density at radius 3 is 2.67 bits per heavy atom. The van der Waals surface area contributed by atoms with Crippen molar-refractivity contribution in [3.05, 3.63) is 24.1 Å². The zero-order valence-electron chi connectivity index (χ0n) is 8.95. The van der Waals surface area contributed by atoms with Gasteiger partial charge in [-0.15, -0.1) is 0 Å². The van der Waals surface area contributed by atoms with E-state index in [2.05, 4.69) is 11.9 Å². The second-order valence-corrected chi connectivity index (χ2v) is 4.30. The van der Waals surface area contributed by atoms with Gasteiger partial charge in [0.05, 0.1) is 0 Å². The molecule has 0 radical (unpaired) electrons. The van der Waals surface area contributed by atoms with E-state index in [0.717, 1.165) is 18.8 Å². The van der Waals surface area contributed by atoms with E-state index in [1.807, 2.05) is 0 Å². The molecular weight excluding hydrogens is 193 g/mol. The number of ether oxygens (including phenoxy) is 1. The van der Waals surface area contributed by atoms with E-state index in [-0.39, 0.29) is 6.10 Å². The average Bonchev–Trinajstić information content (AvgIpc) is 2.22. The summed E-state index contributed by atoms with van der Waals surface area (Å²) >= 11 is 0. The van der Waals surface area contributed by atoms with Gasteiger partial charge in [0, 0.05) is 6.07 Å². The summed E-state index contributed by atoms with van der Waals surface area (Å²) in [4.78, 5) is 3.70. The van der Waals surface area contributed by atoms with Gasteiger partial charge in [-0.05, 0) is 37.7 Å². The first-order valence-electron chi connectivity index (χ1n) is 5.53. The van der Waals surface area contributed by atoms with Crippen molar-refractivity contribution in [2.24, 2.45) is 5.92 Å². The van der Waals surface area contributed by atoms with E-state index in [1.165, 1.54) is 18.9 Å². The molecule has 1 aliphatic carbocycles. The summed E-state index contributed by atoms with van der Waals surface area (Å²) in [5.41, 5.74) is 0. The van der Waals surface area contributed by atoms with Gasteiger partial charge < -0.3 is 4.74 Å². The summed E-state index contributed by atoms with van der Waals surface area (Å²) in [5, 5.41) is 0. The van der Waals surface area contributed by atoms with Gasteiger partial charge in [-0.1, -0.05) is 13.0 Å². The Morgan fingerprint density at radius 1 is 1.27 bits per heavy atom. The molecule has 0 N–H and O–H groups in total. The monoisotopic (exact) mass is 209 g/mol. The van der Waals surface area contributed by atoms with Crippen molar-refractivity contribution in [1.29, 1.82) is 0 Å². The van der Waals surface area contributed by atoms with E-state index in [4.69, 9.17) is 4.74 Å². The Bertz CT molecular complexity index is 321. The van der Waals surface area contributed by atoms with Gasteiger partial charge in [-0.2, -0.15) is 9.37 Å². The van der Waals surface area contributed by atoms with Crippen LogP contribution in [0.4, 0.5) is 4.39 Å². The first-order chi connectivity index (χ1) is 7.24. The molecule has 82 valence electrons. The zero-order valence-corrected chi connectivity index (χ0v) is 8.95. The van der Waals surface area contributed by atoms with E-state index < -0.39 is 5.95 Å². The van der Waals surface area contributed by atoms with E-state index in [9.17, 15) is 4.39 Å². The second-order valence-electron chi connectivity index (χ2n) is 4.30. The van der Waals surface area contributed by atoms with Gasteiger partial charge in [0.1, 0.15) is 6.10 Å². The molecule has 1 aromatic rings. The average molecular weight is 209 g/mol. The molecule has 2 rings (SSSR count). The molecule has 1 heterocycles. The van der Waals surface area contributed by atoms with Gasteiger partial charge in [0.25, 0.3) is 0 Å². The SMILES string of the molecule is CC1CCC(Oc2cccc(F)n2)CC1. The van der Waals surface area contributed by atoms with Gasteiger partial charge in [-0.25, -0.2) is 0 Å². The van der Waals surface area contributed by atoms with Crippen LogP contribution >= 0.6 is 0 Å². The molecule has 3 heteroatoms. The molecule has 0 amide bonds. The van der Waals surface area contributed by atoms with Crippen LogP contribution in [0.25, 0.3) is 0 Å². The maximum atomic E-state index is 12.8. The van der Waals surface area contributed by atoms with Gasteiger partial charge >= 0.3 is 0 Å². The summed E-state index contributed by atoms with van der Waals surface area (Å²) in [6.07, 6.45) is 4.72. The lowest BCUT2D eigenvalue weighted by molar-refractivity contribution is 0.129. The molecule has 2 nitrogen and oxygen atoms in total. The molecule has 0 bridgehead atoms. The van der Waals surface area contributed by atoms with Crippen molar-refractivity contribution >= 4 is 0 Å². The molecule has 0 aromatic carbocycles. The van der Waals surface area contributed by atoms with E-state index in [0.29, 0.717) is 5.88 Å². The number of hydrogen-bond donors (Lipinski definition) is 0. The predicted octanol–water partition coefficient (Wildman–Crippen LogP) is 3.18. The molecule has 0 saturated heterocycles. The standard InChI is InChI=1S/C12H16FNO/c1-9-5-7-10(8-6-9)15-12-4-2-3-11(13)14-12/h2-4,9-10H,5-8H2,1H3. The number of rotatable bonds is 2. The molecule has 15 heavy (non-hydrogen) atoms. The fraction of sp³-hybridized carbons (Fsp3) is 0.583. The summed E-state index contributed by atoms with van der Waals surface area (Å²) < 4.78 is 18.4. The summed E-state index contributed by atoms with van der Waals surface area (Å²) in [6, 6.07) is 4.67. The van der Waals surface area contributed by atoms with Crippen molar-refractivity contribution in [2.75, 3.05) is 0 Å². The first-order valence-corrected chi connectivity index (χ1v) is 5.53. The number of hydrogen-bond acceptors (Lipinski definition) is 2. The Kier molecular flexibility index (Phi) is 3.19. The number of halogens is 1. The van der Waals surface area contributed by atoms with Crippen LogP contribution < -0.4 is 4.74 Å². The number of nitrogens with zero attached hydrogens (tertiary/aromatic N) is 1. The van der Waals surface area contributed by atoms with Crippen LogP contribution in [0, 0.1) is 11.9 Å². The quantitative estimate of drug-likeness (QED) is 0.698. The minimum Gasteiger partial charge on any atom is -0.474 e. The lowest BCUT2D eigenvalue weighted by atomic mass is 9.89. The molecule has 1 fully saturated rings. The Hall–Kier alpha value is -1.12. The second kappa shape index (κ2) is 4.60. The van der Waals surface area contributed by atoms with Crippen molar-refractivity contribution in [3.63, 3.8) is 0 Å². The van der Waals surface area contributed by atoms with Crippen LogP contribution in [0.15, 0.2) is 18.2 Å². The van der Waals surface area contributed by atoms with E-state index in [1.54, 1.807) is 12.1 Å². The van der Waals surface area contributed by atoms with Gasteiger partial charge in [-0.3, -0.25) is 0 Å². The highest BCUT2D eigenvalue weighted by Gasteiger charge is 2.19. The highest BCUT2D eigenvalue weighted by Crippen LogP contribution is 2.26. The summed E-state index contributed by atoms with van der Waals surface area (Å²) in [5.74, 6) is 0.733. The lowest BCUT2D eigenvalue weighted by Crippen LogP contribution is -2.23. The van der Waals surface area contributed by atoms with Crippen LogP contribution in [0.5, 0.6) is 5.88 Å². The molecule has 0 spiro atoms. The third-order valence-electron chi connectivity index (χ3n) is 2.94. The first kappa shape index (κ1) is 10.4. The molecular formula is C12H16FNO. The summed E-state index contributed by atoms with van der Waals surface area (Å²) in [6.45, 7) is 2.26. The molecule has 1 saturated carbocycles. The van der Waals surface area contributed by atoms with Crippen LogP contribution in [-0.4, -0.2) is 11.1 Å². The topological polar surface area (TPSA) is 22.1 Å². The minimum absolute atomic E-state index is 0.218. The van der Waals surface area contributed by atoms with Crippen LogP contribution in [0.2, 0.25) is 0 Å². The van der Waals surface area contributed by atoms with Crippen LogP contribution in [0.1, 0.15) is 32.6 Å². The van der Waals surface area contributed by atoms with Crippen LogP contribution in [0.3, 0.4) is 0 Å². The largest absolute Gasteiger partial charge is 0.474 e. The number of aromatic nitrogens is 1.